The number of aryl methyl sites for hydroxylation is 2. The van der Waals surface area contributed by atoms with Crippen LogP contribution < -0.4 is 5.32 Å². The van der Waals surface area contributed by atoms with Gasteiger partial charge in [-0.15, -0.1) is 11.3 Å². The zero-order valence-corrected chi connectivity index (χ0v) is 12.4. The molecule has 2 aromatic rings. The molecule has 0 saturated heterocycles. The molecule has 0 saturated carbocycles. The van der Waals surface area contributed by atoms with Crippen LogP contribution in [0.25, 0.3) is 0 Å². The fourth-order valence-corrected chi connectivity index (χ4v) is 2.75. The molecule has 1 N–H and O–H groups in total. The number of halogens is 1. The Bertz CT molecular complexity index is 578. The van der Waals surface area contributed by atoms with Crippen molar-refractivity contribution in [1.29, 1.82) is 0 Å². The maximum absolute atomic E-state index is 11.8. The quantitative estimate of drug-likeness (QED) is 0.919. The Hall–Kier alpha value is -1.40. The van der Waals surface area contributed by atoms with Gasteiger partial charge in [0.2, 0.25) is 0 Å². The van der Waals surface area contributed by atoms with Crippen molar-refractivity contribution in [3.8, 4) is 0 Å². The van der Waals surface area contributed by atoms with Crippen LogP contribution in [0.3, 0.4) is 0 Å². The van der Waals surface area contributed by atoms with E-state index in [0.717, 1.165) is 23.5 Å². The minimum absolute atomic E-state index is 0.252. The van der Waals surface area contributed by atoms with E-state index in [0.29, 0.717) is 11.6 Å². The van der Waals surface area contributed by atoms with E-state index in [1.54, 1.807) is 24.6 Å². The highest BCUT2D eigenvalue weighted by atomic mass is 35.5. The molecule has 0 aromatic carbocycles. The molecule has 0 fully saturated rings. The Labute approximate surface area is 120 Å². The number of amides is 1. The second-order valence-corrected chi connectivity index (χ2v) is 5.44. The van der Waals surface area contributed by atoms with E-state index >= 15 is 0 Å². The average Bonchev–Trinajstić information content (AvgIpc) is 2.95. The smallest absolute Gasteiger partial charge is 0.273 e. The van der Waals surface area contributed by atoms with Crippen LogP contribution in [0.5, 0.6) is 0 Å². The number of nitrogens with one attached hydrogen (secondary N) is 1. The average molecular weight is 299 g/mol. The van der Waals surface area contributed by atoms with Crippen molar-refractivity contribution >= 4 is 28.8 Å². The lowest BCUT2D eigenvalue weighted by Crippen LogP contribution is -2.26. The van der Waals surface area contributed by atoms with Crippen molar-refractivity contribution in [3.05, 3.63) is 33.0 Å². The summed E-state index contributed by atoms with van der Waals surface area (Å²) in [6.45, 7) is 2.60. The van der Waals surface area contributed by atoms with Gasteiger partial charge in [0.25, 0.3) is 5.91 Å². The summed E-state index contributed by atoms with van der Waals surface area (Å²) in [5.74, 6) is -0.252. The summed E-state index contributed by atoms with van der Waals surface area (Å²) in [5.41, 5.74) is 1.36. The predicted octanol–water partition coefficient (Wildman–Crippen LogP) is 2.06. The lowest BCUT2D eigenvalue weighted by Gasteiger charge is -2.01. The van der Waals surface area contributed by atoms with Gasteiger partial charge in [0.1, 0.15) is 0 Å². The number of thiazole rings is 1. The number of carbonyl (C=O) groups is 1. The summed E-state index contributed by atoms with van der Waals surface area (Å²) in [6, 6.07) is 0. The molecule has 0 bridgehead atoms. The van der Waals surface area contributed by atoms with Crippen molar-refractivity contribution in [2.45, 2.75) is 19.8 Å². The summed E-state index contributed by atoms with van der Waals surface area (Å²) in [6.07, 6.45) is 3.26. The maximum Gasteiger partial charge on any atom is 0.273 e. The largest absolute Gasteiger partial charge is 0.350 e. The van der Waals surface area contributed by atoms with Gasteiger partial charge in [-0.05, 0) is 6.42 Å². The van der Waals surface area contributed by atoms with Crippen LogP contribution in [-0.4, -0.2) is 27.2 Å². The predicted molar refractivity (Wildman–Crippen MR) is 75.7 cm³/mol. The summed E-state index contributed by atoms with van der Waals surface area (Å²) < 4.78 is 1.52. The number of hydrogen-bond donors (Lipinski definition) is 1. The molecular formula is C12H15ClN4OS. The molecule has 2 heterocycles. The second-order valence-electron chi connectivity index (χ2n) is 4.09. The van der Waals surface area contributed by atoms with Crippen LogP contribution >= 0.6 is 22.9 Å². The van der Waals surface area contributed by atoms with Gasteiger partial charge in [-0.1, -0.05) is 18.5 Å². The second kappa shape index (κ2) is 6.16. The van der Waals surface area contributed by atoms with Gasteiger partial charge >= 0.3 is 0 Å². The fraction of sp³-hybridized carbons (Fsp3) is 0.417. The molecule has 102 valence electrons. The fourth-order valence-electron chi connectivity index (χ4n) is 1.61. The molecule has 0 aliphatic heterocycles. The molecule has 2 aromatic heterocycles. The Morgan fingerprint density at radius 2 is 2.37 bits per heavy atom. The number of carbonyl (C=O) groups excluding carboxylic acids is 1. The molecule has 0 spiro atoms. The highest BCUT2D eigenvalue weighted by molar-refractivity contribution is 7.09. The van der Waals surface area contributed by atoms with Crippen LogP contribution in [0.1, 0.15) is 28.1 Å². The number of hydrogen-bond acceptors (Lipinski definition) is 4. The summed E-state index contributed by atoms with van der Waals surface area (Å²) in [7, 11) is 1.73. The Morgan fingerprint density at radius 3 is 2.95 bits per heavy atom. The maximum atomic E-state index is 11.8. The summed E-state index contributed by atoms with van der Waals surface area (Å²) >= 11 is 7.52. The molecule has 0 aliphatic rings. The summed E-state index contributed by atoms with van der Waals surface area (Å²) in [4.78, 5) is 16.3. The molecule has 19 heavy (non-hydrogen) atoms. The molecule has 5 nitrogen and oxygen atoms in total. The summed E-state index contributed by atoms with van der Waals surface area (Å²) in [5, 5.41) is 10.3. The number of nitrogens with zero attached hydrogens (tertiary/aromatic N) is 3. The van der Waals surface area contributed by atoms with E-state index in [-0.39, 0.29) is 11.6 Å². The van der Waals surface area contributed by atoms with E-state index in [9.17, 15) is 4.79 Å². The number of rotatable bonds is 5. The first-order valence-electron chi connectivity index (χ1n) is 6.00. The zero-order valence-electron chi connectivity index (χ0n) is 10.8. The van der Waals surface area contributed by atoms with E-state index in [4.69, 9.17) is 11.6 Å². The van der Waals surface area contributed by atoms with Crippen molar-refractivity contribution in [1.82, 2.24) is 20.1 Å². The third-order valence-electron chi connectivity index (χ3n) is 2.59. The van der Waals surface area contributed by atoms with Crippen LogP contribution in [0.4, 0.5) is 0 Å². The third-order valence-corrected chi connectivity index (χ3v) is 3.82. The minimum Gasteiger partial charge on any atom is -0.350 e. The van der Waals surface area contributed by atoms with Crippen molar-refractivity contribution < 1.29 is 4.79 Å². The van der Waals surface area contributed by atoms with Gasteiger partial charge in [-0.3, -0.25) is 9.48 Å². The van der Waals surface area contributed by atoms with E-state index in [1.165, 1.54) is 4.68 Å². The molecule has 0 aliphatic carbocycles. The first kappa shape index (κ1) is 14.0. The van der Waals surface area contributed by atoms with Gasteiger partial charge in [0.05, 0.1) is 15.7 Å². The molecule has 0 atom stereocenters. The molecule has 0 radical (unpaired) electrons. The van der Waals surface area contributed by atoms with Crippen LogP contribution in [-0.2, 0) is 19.9 Å². The van der Waals surface area contributed by atoms with Crippen LogP contribution in [0.15, 0.2) is 11.6 Å². The molecule has 2 rings (SSSR count). The third kappa shape index (κ3) is 3.54. The van der Waals surface area contributed by atoms with Crippen molar-refractivity contribution in [2.75, 3.05) is 6.54 Å². The van der Waals surface area contributed by atoms with Gasteiger partial charge in [-0.25, -0.2) is 4.98 Å². The van der Waals surface area contributed by atoms with Gasteiger partial charge in [0.15, 0.2) is 5.69 Å². The molecule has 7 heteroatoms. The first-order valence-corrected chi connectivity index (χ1v) is 7.26. The van der Waals surface area contributed by atoms with Crippen molar-refractivity contribution in [2.24, 2.45) is 7.05 Å². The highest BCUT2D eigenvalue weighted by Crippen LogP contribution is 2.13. The number of aromatic nitrogens is 3. The first-order chi connectivity index (χ1) is 9.10. The van der Waals surface area contributed by atoms with Crippen LogP contribution in [0.2, 0.25) is 5.02 Å². The normalized spacial score (nSPS) is 10.7. The molecule has 0 unspecified atom stereocenters. The lowest BCUT2D eigenvalue weighted by molar-refractivity contribution is 0.0948. The van der Waals surface area contributed by atoms with Crippen LogP contribution in [0, 0.1) is 0 Å². The lowest BCUT2D eigenvalue weighted by atomic mass is 10.3. The van der Waals surface area contributed by atoms with Crippen molar-refractivity contribution in [3.63, 3.8) is 0 Å². The SMILES string of the molecule is CCc1csc(CCNC(=O)c2nn(C)cc2Cl)n1. The standard InChI is InChI=1S/C12H15ClN4OS/c1-3-8-7-19-10(15-8)4-5-14-12(18)11-9(13)6-17(2)16-11/h6-7H,3-5H2,1-2H3,(H,14,18). The van der Waals surface area contributed by atoms with Gasteiger partial charge < -0.3 is 5.32 Å². The van der Waals surface area contributed by atoms with E-state index in [2.05, 4.69) is 22.3 Å². The minimum atomic E-state index is -0.252. The Morgan fingerprint density at radius 1 is 1.58 bits per heavy atom. The topological polar surface area (TPSA) is 59.8 Å². The van der Waals surface area contributed by atoms with Gasteiger partial charge in [-0.2, -0.15) is 5.10 Å². The Kier molecular flexibility index (Phi) is 4.55. The van der Waals surface area contributed by atoms with Gasteiger partial charge in [0, 0.05) is 31.6 Å². The molecular weight excluding hydrogens is 284 g/mol. The monoisotopic (exact) mass is 298 g/mol. The van der Waals surface area contributed by atoms with E-state index in [1.807, 2.05) is 5.38 Å². The van der Waals surface area contributed by atoms with E-state index < -0.39 is 0 Å². The Balaban J connectivity index is 1.85. The highest BCUT2D eigenvalue weighted by Gasteiger charge is 2.14. The molecule has 1 amide bonds. The zero-order chi connectivity index (χ0) is 13.8.